The van der Waals surface area contributed by atoms with Crippen molar-refractivity contribution in [1.82, 2.24) is 20.4 Å². The van der Waals surface area contributed by atoms with Gasteiger partial charge in [0.2, 0.25) is 11.7 Å². The second-order valence-corrected chi connectivity index (χ2v) is 5.01. The van der Waals surface area contributed by atoms with Crippen LogP contribution in [0.3, 0.4) is 0 Å². The fourth-order valence-corrected chi connectivity index (χ4v) is 2.63. The van der Waals surface area contributed by atoms with E-state index in [2.05, 4.69) is 20.4 Å². The normalized spacial score (nSPS) is 23.4. The largest absolute Gasteiger partial charge is 0.339 e. The lowest BCUT2D eigenvalue weighted by Gasteiger charge is -2.25. The minimum atomic E-state index is 0.398. The molecular formula is C14H18N4O. The van der Waals surface area contributed by atoms with Crippen LogP contribution in [0.2, 0.25) is 0 Å². The van der Waals surface area contributed by atoms with E-state index in [1.807, 2.05) is 25.2 Å². The Labute approximate surface area is 112 Å². The van der Waals surface area contributed by atoms with Gasteiger partial charge < -0.3 is 9.84 Å². The summed E-state index contributed by atoms with van der Waals surface area (Å²) in [5.41, 5.74) is 0.765. The fraction of sp³-hybridized carbons (Fsp3) is 0.500. The van der Waals surface area contributed by atoms with E-state index in [4.69, 9.17) is 4.52 Å². The molecule has 1 aliphatic rings. The van der Waals surface area contributed by atoms with E-state index in [0.29, 0.717) is 17.8 Å². The highest BCUT2D eigenvalue weighted by atomic mass is 16.5. The number of hydrogen-bond acceptors (Lipinski definition) is 5. The monoisotopic (exact) mass is 258 g/mol. The zero-order valence-electron chi connectivity index (χ0n) is 11.0. The van der Waals surface area contributed by atoms with Crippen LogP contribution in [0.25, 0.3) is 11.5 Å². The van der Waals surface area contributed by atoms with Crippen molar-refractivity contribution in [3.05, 3.63) is 30.3 Å². The molecule has 0 radical (unpaired) electrons. The summed E-state index contributed by atoms with van der Waals surface area (Å²) in [6, 6.07) is 6.33. The number of pyridine rings is 1. The number of aromatic nitrogens is 3. The SMILES string of the molecule is CNC1CCC(c2nc(-c3ccccn3)no2)CC1. The van der Waals surface area contributed by atoms with Crippen molar-refractivity contribution in [2.75, 3.05) is 7.05 Å². The summed E-state index contributed by atoms with van der Waals surface area (Å²) in [6.07, 6.45) is 6.29. The number of nitrogens with zero attached hydrogens (tertiary/aromatic N) is 3. The van der Waals surface area contributed by atoms with Gasteiger partial charge in [-0.25, -0.2) is 0 Å². The predicted molar refractivity (Wildman–Crippen MR) is 71.6 cm³/mol. The molecule has 1 aliphatic carbocycles. The first-order valence-corrected chi connectivity index (χ1v) is 6.79. The smallest absolute Gasteiger partial charge is 0.230 e. The summed E-state index contributed by atoms with van der Waals surface area (Å²) >= 11 is 0. The summed E-state index contributed by atoms with van der Waals surface area (Å²) in [7, 11) is 2.02. The van der Waals surface area contributed by atoms with E-state index < -0.39 is 0 Å². The van der Waals surface area contributed by atoms with E-state index in [1.165, 1.54) is 12.8 Å². The molecular weight excluding hydrogens is 240 g/mol. The molecule has 0 saturated heterocycles. The molecule has 0 aliphatic heterocycles. The first kappa shape index (κ1) is 12.3. The second-order valence-electron chi connectivity index (χ2n) is 5.01. The molecule has 0 spiro atoms. The average Bonchev–Trinajstić information content (AvgIpc) is 2.98. The lowest BCUT2D eigenvalue weighted by molar-refractivity contribution is 0.288. The van der Waals surface area contributed by atoms with Crippen LogP contribution in [0.15, 0.2) is 28.9 Å². The van der Waals surface area contributed by atoms with Gasteiger partial charge in [0.15, 0.2) is 0 Å². The molecule has 0 bridgehead atoms. The van der Waals surface area contributed by atoms with E-state index >= 15 is 0 Å². The lowest BCUT2D eigenvalue weighted by atomic mass is 9.86. The number of rotatable bonds is 3. The molecule has 3 rings (SSSR count). The van der Waals surface area contributed by atoms with Crippen LogP contribution in [0.4, 0.5) is 0 Å². The first-order valence-electron chi connectivity index (χ1n) is 6.79. The molecule has 0 atom stereocenters. The van der Waals surface area contributed by atoms with Crippen LogP contribution in [-0.2, 0) is 0 Å². The molecule has 5 heteroatoms. The van der Waals surface area contributed by atoms with Crippen molar-refractivity contribution in [2.45, 2.75) is 37.6 Å². The summed E-state index contributed by atoms with van der Waals surface area (Å²) in [4.78, 5) is 8.73. The maximum absolute atomic E-state index is 5.41. The second kappa shape index (κ2) is 5.48. The highest BCUT2D eigenvalue weighted by Gasteiger charge is 2.25. The summed E-state index contributed by atoms with van der Waals surface area (Å²) in [6.45, 7) is 0. The highest BCUT2D eigenvalue weighted by molar-refractivity contribution is 5.47. The minimum absolute atomic E-state index is 0.398. The fourth-order valence-electron chi connectivity index (χ4n) is 2.63. The Morgan fingerprint density at radius 2 is 2.05 bits per heavy atom. The lowest BCUT2D eigenvalue weighted by Crippen LogP contribution is -2.29. The Morgan fingerprint density at radius 3 is 2.74 bits per heavy atom. The standard InChI is InChI=1S/C14H18N4O/c1-15-11-7-5-10(6-8-11)14-17-13(18-19-14)12-4-2-3-9-16-12/h2-4,9-11,15H,5-8H2,1H3. The van der Waals surface area contributed by atoms with Crippen LogP contribution < -0.4 is 5.32 Å². The van der Waals surface area contributed by atoms with E-state index in [-0.39, 0.29) is 0 Å². The molecule has 0 amide bonds. The molecule has 5 nitrogen and oxygen atoms in total. The third-order valence-corrected chi connectivity index (χ3v) is 3.82. The summed E-state index contributed by atoms with van der Waals surface area (Å²) in [5, 5.41) is 7.37. The Kier molecular flexibility index (Phi) is 3.55. The molecule has 19 heavy (non-hydrogen) atoms. The topological polar surface area (TPSA) is 63.8 Å². The third kappa shape index (κ3) is 2.66. The van der Waals surface area contributed by atoms with Crippen LogP contribution in [0, 0.1) is 0 Å². The maximum atomic E-state index is 5.41. The highest BCUT2D eigenvalue weighted by Crippen LogP contribution is 2.32. The van der Waals surface area contributed by atoms with Gasteiger partial charge in [-0.3, -0.25) is 4.98 Å². The van der Waals surface area contributed by atoms with Crippen LogP contribution >= 0.6 is 0 Å². The van der Waals surface area contributed by atoms with Gasteiger partial charge >= 0.3 is 0 Å². The zero-order chi connectivity index (χ0) is 13.1. The summed E-state index contributed by atoms with van der Waals surface area (Å²) in [5.74, 6) is 1.75. The molecule has 2 aromatic heterocycles. The van der Waals surface area contributed by atoms with Crippen molar-refractivity contribution in [1.29, 1.82) is 0 Å². The van der Waals surface area contributed by atoms with Crippen molar-refractivity contribution >= 4 is 0 Å². The molecule has 100 valence electrons. The Morgan fingerprint density at radius 1 is 1.21 bits per heavy atom. The van der Waals surface area contributed by atoms with Crippen molar-refractivity contribution < 1.29 is 4.52 Å². The third-order valence-electron chi connectivity index (χ3n) is 3.82. The summed E-state index contributed by atoms with van der Waals surface area (Å²) < 4.78 is 5.41. The minimum Gasteiger partial charge on any atom is -0.339 e. The molecule has 2 heterocycles. The van der Waals surface area contributed by atoms with Gasteiger partial charge in [0, 0.05) is 18.2 Å². The molecule has 2 aromatic rings. The Balaban J connectivity index is 1.72. The van der Waals surface area contributed by atoms with Crippen LogP contribution in [0.1, 0.15) is 37.5 Å². The molecule has 1 N–H and O–H groups in total. The van der Waals surface area contributed by atoms with Crippen molar-refractivity contribution in [2.24, 2.45) is 0 Å². The van der Waals surface area contributed by atoms with Gasteiger partial charge in [-0.05, 0) is 44.9 Å². The first-order chi connectivity index (χ1) is 9.36. The molecule has 1 fully saturated rings. The maximum Gasteiger partial charge on any atom is 0.230 e. The van der Waals surface area contributed by atoms with Crippen molar-refractivity contribution in [3.63, 3.8) is 0 Å². The van der Waals surface area contributed by atoms with Gasteiger partial charge in [-0.1, -0.05) is 11.2 Å². The number of hydrogen-bond donors (Lipinski definition) is 1. The number of nitrogens with one attached hydrogen (secondary N) is 1. The van der Waals surface area contributed by atoms with Gasteiger partial charge in [-0.2, -0.15) is 4.98 Å². The van der Waals surface area contributed by atoms with Crippen LogP contribution in [-0.4, -0.2) is 28.2 Å². The van der Waals surface area contributed by atoms with Gasteiger partial charge in [0.1, 0.15) is 5.69 Å². The quantitative estimate of drug-likeness (QED) is 0.915. The predicted octanol–water partition coefficient (Wildman–Crippen LogP) is 2.38. The Bertz CT molecular complexity index is 517. The van der Waals surface area contributed by atoms with E-state index in [9.17, 15) is 0 Å². The van der Waals surface area contributed by atoms with Crippen molar-refractivity contribution in [3.8, 4) is 11.5 Å². The average molecular weight is 258 g/mol. The molecule has 1 saturated carbocycles. The molecule has 0 unspecified atom stereocenters. The van der Waals surface area contributed by atoms with E-state index in [0.717, 1.165) is 24.4 Å². The zero-order valence-corrected chi connectivity index (χ0v) is 11.0. The van der Waals surface area contributed by atoms with Gasteiger partial charge in [0.25, 0.3) is 0 Å². The van der Waals surface area contributed by atoms with Gasteiger partial charge in [-0.15, -0.1) is 0 Å². The Hall–Kier alpha value is -1.75. The van der Waals surface area contributed by atoms with Crippen LogP contribution in [0.5, 0.6) is 0 Å². The van der Waals surface area contributed by atoms with Gasteiger partial charge in [0.05, 0.1) is 0 Å². The van der Waals surface area contributed by atoms with E-state index in [1.54, 1.807) is 6.20 Å². The molecule has 0 aromatic carbocycles.